The van der Waals surface area contributed by atoms with Crippen molar-refractivity contribution in [3.05, 3.63) is 59.4 Å². The maximum atomic E-state index is 13.7. The minimum absolute atomic E-state index is 0.265. The molecule has 0 spiro atoms. The van der Waals surface area contributed by atoms with Gasteiger partial charge in [-0.2, -0.15) is 0 Å². The molecule has 0 radical (unpaired) electrons. The standard InChI is InChI=1S/C14H12F3N/c1-18-8-9-2-4-12(15)11(6-9)10-3-5-13(16)14(17)7-10/h2-7,18H,8H2,1H3. The van der Waals surface area contributed by atoms with Crippen LogP contribution in [0.2, 0.25) is 0 Å². The first kappa shape index (κ1) is 12.6. The molecular weight excluding hydrogens is 239 g/mol. The quantitative estimate of drug-likeness (QED) is 0.880. The molecular formula is C14H12F3N. The average molecular weight is 251 g/mol. The lowest BCUT2D eigenvalue weighted by molar-refractivity contribution is 0.509. The molecule has 0 saturated heterocycles. The van der Waals surface area contributed by atoms with E-state index in [1.165, 1.54) is 12.1 Å². The molecule has 2 aromatic carbocycles. The highest BCUT2D eigenvalue weighted by Gasteiger charge is 2.09. The van der Waals surface area contributed by atoms with Gasteiger partial charge in [-0.15, -0.1) is 0 Å². The molecule has 2 aromatic rings. The summed E-state index contributed by atoms with van der Waals surface area (Å²) in [5, 5.41) is 2.95. The first-order valence-electron chi connectivity index (χ1n) is 5.50. The summed E-state index contributed by atoms with van der Waals surface area (Å²) in [6.07, 6.45) is 0. The number of hydrogen-bond acceptors (Lipinski definition) is 1. The van der Waals surface area contributed by atoms with Crippen LogP contribution < -0.4 is 5.32 Å². The number of nitrogens with one attached hydrogen (secondary N) is 1. The molecule has 0 amide bonds. The van der Waals surface area contributed by atoms with Crippen molar-refractivity contribution in [3.8, 4) is 11.1 Å². The third-order valence-electron chi connectivity index (χ3n) is 2.64. The molecule has 0 aliphatic heterocycles. The van der Waals surface area contributed by atoms with E-state index in [1.807, 2.05) is 0 Å². The number of rotatable bonds is 3. The Morgan fingerprint density at radius 3 is 2.28 bits per heavy atom. The van der Waals surface area contributed by atoms with Gasteiger partial charge in [-0.1, -0.05) is 12.1 Å². The van der Waals surface area contributed by atoms with Crippen LogP contribution in [0, 0.1) is 17.5 Å². The minimum atomic E-state index is -0.981. The second-order valence-corrected chi connectivity index (χ2v) is 3.97. The largest absolute Gasteiger partial charge is 0.316 e. The summed E-state index contributed by atoms with van der Waals surface area (Å²) in [5.74, 6) is -2.38. The Kier molecular flexibility index (Phi) is 3.67. The summed E-state index contributed by atoms with van der Waals surface area (Å²) in [4.78, 5) is 0. The van der Waals surface area contributed by atoms with Crippen molar-refractivity contribution in [1.29, 1.82) is 0 Å². The molecule has 0 aliphatic carbocycles. The smallest absolute Gasteiger partial charge is 0.159 e. The van der Waals surface area contributed by atoms with E-state index in [-0.39, 0.29) is 5.56 Å². The fraction of sp³-hybridized carbons (Fsp3) is 0.143. The van der Waals surface area contributed by atoms with Crippen molar-refractivity contribution in [2.45, 2.75) is 6.54 Å². The van der Waals surface area contributed by atoms with E-state index in [9.17, 15) is 13.2 Å². The topological polar surface area (TPSA) is 12.0 Å². The van der Waals surface area contributed by atoms with Crippen LogP contribution in [-0.2, 0) is 6.54 Å². The van der Waals surface area contributed by atoms with Crippen LogP contribution in [0.1, 0.15) is 5.56 Å². The molecule has 4 heteroatoms. The summed E-state index contributed by atoms with van der Waals surface area (Å²) < 4.78 is 39.7. The summed E-state index contributed by atoms with van der Waals surface area (Å²) in [7, 11) is 1.78. The fourth-order valence-electron chi connectivity index (χ4n) is 1.77. The number of hydrogen-bond donors (Lipinski definition) is 1. The first-order valence-corrected chi connectivity index (χ1v) is 5.50. The molecule has 1 N–H and O–H groups in total. The second-order valence-electron chi connectivity index (χ2n) is 3.97. The summed E-state index contributed by atoms with van der Waals surface area (Å²) >= 11 is 0. The van der Waals surface area contributed by atoms with Crippen molar-refractivity contribution in [2.24, 2.45) is 0 Å². The van der Waals surface area contributed by atoms with E-state index in [0.29, 0.717) is 12.1 Å². The van der Waals surface area contributed by atoms with E-state index in [1.54, 1.807) is 19.2 Å². The number of halogens is 3. The van der Waals surface area contributed by atoms with Gasteiger partial charge in [-0.3, -0.25) is 0 Å². The normalized spacial score (nSPS) is 10.7. The molecule has 0 heterocycles. The molecule has 18 heavy (non-hydrogen) atoms. The predicted molar refractivity (Wildman–Crippen MR) is 64.5 cm³/mol. The van der Waals surface area contributed by atoms with Gasteiger partial charge in [0.2, 0.25) is 0 Å². The summed E-state index contributed by atoms with van der Waals surface area (Å²) in [6, 6.07) is 7.95. The van der Waals surface area contributed by atoms with Gasteiger partial charge < -0.3 is 5.32 Å². The van der Waals surface area contributed by atoms with Gasteiger partial charge in [0.05, 0.1) is 0 Å². The van der Waals surface area contributed by atoms with Gasteiger partial charge in [0, 0.05) is 12.1 Å². The van der Waals surface area contributed by atoms with Crippen LogP contribution in [0.3, 0.4) is 0 Å². The highest BCUT2D eigenvalue weighted by Crippen LogP contribution is 2.25. The van der Waals surface area contributed by atoms with Gasteiger partial charge in [0.1, 0.15) is 5.82 Å². The molecule has 0 fully saturated rings. The Hall–Kier alpha value is -1.81. The Morgan fingerprint density at radius 1 is 0.889 bits per heavy atom. The fourth-order valence-corrected chi connectivity index (χ4v) is 1.77. The van der Waals surface area contributed by atoms with Crippen molar-refractivity contribution >= 4 is 0 Å². The Balaban J connectivity index is 2.48. The molecule has 0 bridgehead atoms. The summed E-state index contributed by atoms with van der Waals surface area (Å²) in [5.41, 5.74) is 1.46. The van der Waals surface area contributed by atoms with Crippen molar-refractivity contribution in [2.75, 3.05) is 7.05 Å². The highest BCUT2D eigenvalue weighted by molar-refractivity contribution is 5.65. The highest BCUT2D eigenvalue weighted by atomic mass is 19.2. The Bertz CT molecular complexity index is 567. The van der Waals surface area contributed by atoms with Gasteiger partial charge in [-0.05, 0) is 42.4 Å². The minimum Gasteiger partial charge on any atom is -0.316 e. The SMILES string of the molecule is CNCc1ccc(F)c(-c2ccc(F)c(F)c2)c1. The molecule has 94 valence electrons. The van der Waals surface area contributed by atoms with Crippen LogP contribution in [0.25, 0.3) is 11.1 Å². The van der Waals surface area contributed by atoms with Crippen LogP contribution >= 0.6 is 0 Å². The van der Waals surface area contributed by atoms with Crippen molar-refractivity contribution < 1.29 is 13.2 Å². The van der Waals surface area contributed by atoms with Gasteiger partial charge >= 0.3 is 0 Å². The van der Waals surface area contributed by atoms with Crippen molar-refractivity contribution in [3.63, 3.8) is 0 Å². The molecule has 1 nitrogen and oxygen atoms in total. The van der Waals surface area contributed by atoms with E-state index < -0.39 is 17.5 Å². The van der Waals surface area contributed by atoms with Crippen molar-refractivity contribution in [1.82, 2.24) is 5.32 Å². The van der Waals surface area contributed by atoms with E-state index in [2.05, 4.69) is 5.32 Å². The molecule has 0 unspecified atom stereocenters. The molecule has 0 saturated carbocycles. The van der Waals surface area contributed by atoms with E-state index in [4.69, 9.17) is 0 Å². The first-order chi connectivity index (χ1) is 8.61. The van der Waals surface area contributed by atoms with E-state index >= 15 is 0 Å². The Labute approximate surface area is 103 Å². The van der Waals surface area contributed by atoms with Crippen LogP contribution in [0.15, 0.2) is 36.4 Å². The monoisotopic (exact) mass is 251 g/mol. The predicted octanol–water partition coefficient (Wildman–Crippen LogP) is 3.49. The van der Waals surface area contributed by atoms with Gasteiger partial charge in [0.15, 0.2) is 11.6 Å². The summed E-state index contributed by atoms with van der Waals surface area (Å²) in [6.45, 7) is 0.580. The maximum absolute atomic E-state index is 13.7. The number of benzene rings is 2. The average Bonchev–Trinajstić information content (AvgIpc) is 2.35. The third kappa shape index (κ3) is 2.54. The zero-order valence-electron chi connectivity index (χ0n) is 9.81. The zero-order chi connectivity index (χ0) is 13.1. The third-order valence-corrected chi connectivity index (χ3v) is 2.64. The zero-order valence-corrected chi connectivity index (χ0v) is 9.81. The maximum Gasteiger partial charge on any atom is 0.159 e. The van der Waals surface area contributed by atoms with Crippen LogP contribution in [-0.4, -0.2) is 7.05 Å². The second kappa shape index (κ2) is 5.23. The lowest BCUT2D eigenvalue weighted by atomic mass is 10.0. The molecule has 2 rings (SSSR count). The van der Waals surface area contributed by atoms with Crippen LogP contribution in [0.5, 0.6) is 0 Å². The lowest BCUT2D eigenvalue weighted by Gasteiger charge is -2.07. The van der Waals surface area contributed by atoms with Gasteiger partial charge in [0.25, 0.3) is 0 Å². The van der Waals surface area contributed by atoms with Gasteiger partial charge in [-0.25, -0.2) is 13.2 Å². The molecule has 0 atom stereocenters. The van der Waals surface area contributed by atoms with Crippen LogP contribution in [0.4, 0.5) is 13.2 Å². The molecule has 0 aromatic heterocycles. The molecule has 0 aliphatic rings. The Morgan fingerprint density at radius 2 is 1.61 bits per heavy atom. The lowest BCUT2D eigenvalue weighted by Crippen LogP contribution is -2.05. The van der Waals surface area contributed by atoms with E-state index in [0.717, 1.165) is 17.7 Å².